The number of amides is 1. The van der Waals surface area contributed by atoms with Crippen LogP contribution < -0.4 is 0 Å². The van der Waals surface area contributed by atoms with E-state index in [1.165, 1.54) is 11.3 Å². The first kappa shape index (κ1) is 19.1. The van der Waals surface area contributed by atoms with Gasteiger partial charge in [0.05, 0.1) is 0 Å². The van der Waals surface area contributed by atoms with Gasteiger partial charge in [0.2, 0.25) is 0 Å². The van der Waals surface area contributed by atoms with Gasteiger partial charge in [0.1, 0.15) is 0 Å². The number of halogens is 2. The summed E-state index contributed by atoms with van der Waals surface area (Å²) < 4.78 is 2.11. The lowest BCUT2D eigenvalue weighted by Crippen LogP contribution is -2.38. The van der Waals surface area contributed by atoms with E-state index in [0.717, 1.165) is 32.4 Å². The van der Waals surface area contributed by atoms with Gasteiger partial charge in [0.15, 0.2) is 0 Å². The van der Waals surface area contributed by atoms with E-state index >= 15 is 0 Å². The van der Waals surface area contributed by atoms with Crippen LogP contribution in [-0.2, 0) is 6.42 Å². The summed E-state index contributed by atoms with van der Waals surface area (Å²) in [5, 5.41) is 0.989. The maximum atomic E-state index is 12.7. The van der Waals surface area contributed by atoms with Crippen LogP contribution >= 0.6 is 23.2 Å². The van der Waals surface area contributed by atoms with Crippen LogP contribution in [0.4, 0.5) is 0 Å². The Labute approximate surface area is 175 Å². The largest absolute Gasteiger partial charge is 0.339 e. The molecule has 0 saturated carbocycles. The number of hydrogen-bond donors (Lipinski definition) is 0. The van der Waals surface area contributed by atoms with Gasteiger partial charge in [-0.3, -0.25) is 4.79 Å². The SMILES string of the molecule is O=C(c1cc(Cl)cc(Cl)c1)N1CCC(Cc2ccc(-n3cccc3)cc2)CC1. The van der Waals surface area contributed by atoms with Crippen LogP contribution in [0.2, 0.25) is 10.0 Å². The highest BCUT2D eigenvalue weighted by atomic mass is 35.5. The van der Waals surface area contributed by atoms with Gasteiger partial charge in [0.25, 0.3) is 5.91 Å². The van der Waals surface area contributed by atoms with Crippen LogP contribution in [0.25, 0.3) is 5.69 Å². The van der Waals surface area contributed by atoms with Gasteiger partial charge >= 0.3 is 0 Å². The molecular weight excluding hydrogens is 391 g/mol. The molecule has 1 aliphatic heterocycles. The summed E-state index contributed by atoms with van der Waals surface area (Å²) in [6, 6.07) is 17.8. The van der Waals surface area contributed by atoms with E-state index in [9.17, 15) is 4.79 Å². The third-order valence-electron chi connectivity index (χ3n) is 5.37. The second-order valence-corrected chi connectivity index (χ2v) is 8.23. The maximum Gasteiger partial charge on any atom is 0.253 e. The molecular formula is C23H22Cl2N2O. The highest BCUT2D eigenvalue weighted by molar-refractivity contribution is 6.35. The second-order valence-electron chi connectivity index (χ2n) is 7.35. The minimum atomic E-state index is 0.0129. The standard InChI is InChI=1S/C23H22Cl2N2O/c24-20-14-19(15-21(25)16-20)23(28)27-11-7-18(8-12-27)13-17-3-5-22(6-4-17)26-9-1-2-10-26/h1-6,9-10,14-16,18H,7-8,11-13H2. The third-order valence-corrected chi connectivity index (χ3v) is 5.81. The van der Waals surface area contributed by atoms with Crippen molar-refractivity contribution in [2.45, 2.75) is 19.3 Å². The number of piperidine rings is 1. The lowest BCUT2D eigenvalue weighted by molar-refractivity contribution is 0.0690. The van der Waals surface area contributed by atoms with Crippen molar-refractivity contribution >= 4 is 29.1 Å². The number of aromatic nitrogens is 1. The molecule has 1 fully saturated rings. The van der Waals surface area contributed by atoms with E-state index < -0.39 is 0 Å². The summed E-state index contributed by atoms with van der Waals surface area (Å²) in [6.07, 6.45) is 7.18. The zero-order valence-corrected chi connectivity index (χ0v) is 17.0. The minimum Gasteiger partial charge on any atom is -0.339 e. The summed E-state index contributed by atoms with van der Waals surface area (Å²) in [6.45, 7) is 1.55. The molecule has 0 N–H and O–H groups in total. The van der Waals surface area contributed by atoms with Crippen molar-refractivity contribution in [2.75, 3.05) is 13.1 Å². The molecule has 0 radical (unpaired) electrons. The molecule has 28 heavy (non-hydrogen) atoms. The van der Waals surface area contributed by atoms with Crippen LogP contribution in [0, 0.1) is 5.92 Å². The molecule has 1 amide bonds. The Morgan fingerprint density at radius 2 is 1.54 bits per heavy atom. The Morgan fingerprint density at radius 3 is 2.14 bits per heavy atom. The molecule has 3 aromatic rings. The number of nitrogens with zero attached hydrogens (tertiary/aromatic N) is 2. The molecule has 4 rings (SSSR count). The highest BCUT2D eigenvalue weighted by Gasteiger charge is 2.24. The normalized spacial score (nSPS) is 15.0. The third kappa shape index (κ3) is 4.43. The molecule has 5 heteroatoms. The molecule has 2 aromatic carbocycles. The number of hydrogen-bond acceptors (Lipinski definition) is 1. The van der Waals surface area contributed by atoms with Crippen LogP contribution in [0.3, 0.4) is 0 Å². The molecule has 0 bridgehead atoms. The average Bonchev–Trinajstić information content (AvgIpc) is 3.23. The van der Waals surface area contributed by atoms with Gasteiger partial charge < -0.3 is 9.47 Å². The quantitative estimate of drug-likeness (QED) is 0.525. The summed E-state index contributed by atoms with van der Waals surface area (Å²) in [7, 11) is 0. The lowest BCUT2D eigenvalue weighted by Gasteiger charge is -2.32. The molecule has 0 spiro atoms. The van der Waals surface area contributed by atoms with E-state index in [0.29, 0.717) is 21.5 Å². The summed E-state index contributed by atoms with van der Waals surface area (Å²) in [4.78, 5) is 14.6. The van der Waals surface area contributed by atoms with E-state index in [-0.39, 0.29) is 5.91 Å². The first-order chi connectivity index (χ1) is 13.6. The zero-order valence-electron chi connectivity index (χ0n) is 15.5. The van der Waals surface area contributed by atoms with E-state index in [4.69, 9.17) is 23.2 Å². The van der Waals surface area contributed by atoms with Gasteiger partial charge in [-0.15, -0.1) is 0 Å². The Morgan fingerprint density at radius 1 is 0.929 bits per heavy atom. The molecule has 0 aliphatic carbocycles. The highest BCUT2D eigenvalue weighted by Crippen LogP contribution is 2.25. The van der Waals surface area contributed by atoms with Gasteiger partial charge in [-0.05, 0) is 73.2 Å². The first-order valence-corrected chi connectivity index (χ1v) is 10.3. The molecule has 1 aliphatic rings. The fourth-order valence-electron chi connectivity index (χ4n) is 3.84. The Kier molecular flexibility index (Phi) is 5.74. The van der Waals surface area contributed by atoms with E-state index in [2.05, 4.69) is 41.2 Å². The molecule has 0 atom stereocenters. The molecule has 3 nitrogen and oxygen atoms in total. The Balaban J connectivity index is 1.33. The van der Waals surface area contributed by atoms with Gasteiger partial charge in [-0.2, -0.15) is 0 Å². The van der Waals surface area contributed by atoms with Gasteiger partial charge in [0, 0.05) is 46.8 Å². The molecule has 1 aromatic heterocycles. The molecule has 0 unspecified atom stereocenters. The second kappa shape index (κ2) is 8.42. The Hall–Kier alpha value is -2.23. The van der Waals surface area contributed by atoms with Crippen molar-refractivity contribution in [2.24, 2.45) is 5.92 Å². The summed E-state index contributed by atoms with van der Waals surface area (Å²) >= 11 is 12.1. The Bertz CT molecular complexity index is 923. The maximum absolute atomic E-state index is 12.7. The zero-order chi connectivity index (χ0) is 19.5. The average molecular weight is 413 g/mol. The number of likely N-dealkylation sites (tertiary alicyclic amines) is 1. The topological polar surface area (TPSA) is 25.2 Å². The van der Waals surface area contributed by atoms with Crippen LogP contribution in [0.5, 0.6) is 0 Å². The molecule has 144 valence electrons. The predicted molar refractivity (Wildman–Crippen MR) is 115 cm³/mol. The molecule has 2 heterocycles. The van der Waals surface area contributed by atoms with E-state index in [1.807, 2.05) is 17.0 Å². The number of carbonyl (C=O) groups is 1. The fourth-order valence-corrected chi connectivity index (χ4v) is 4.37. The number of rotatable bonds is 4. The van der Waals surface area contributed by atoms with Crippen molar-refractivity contribution in [3.05, 3.63) is 88.2 Å². The monoisotopic (exact) mass is 412 g/mol. The minimum absolute atomic E-state index is 0.0129. The smallest absolute Gasteiger partial charge is 0.253 e. The number of benzene rings is 2. The number of carbonyl (C=O) groups excluding carboxylic acids is 1. The van der Waals surface area contributed by atoms with Crippen molar-refractivity contribution in [1.29, 1.82) is 0 Å². The van der Waals surface area contributed by atoms with Crippen molar-refractivity contribution in [1.82, 2.24) is 9.47 Å². The summed E-state index contributed by atoms with van der Waals surface area (Å²) in [5.41, 5.74) is 3.09. The van der Waals surface area contributed by atoms with E-state index in [1.54, 1.807) is 18.2 Å². The van der Waals surface area contributed by atoms with Crippen LogP contribution in [-0.4, -0.2) is 28.5 Å². The van der Waals surface area contributed by atoms with Gasteiger partial charge in [-0.25, -0.2) is 0 Å². The fraction of sp³-hybridized carbons (Fsp3) is 0.261. The van der Waals surface area contributed by atoms with Gasteiger partial charge in [-0.1, -0.05) is 35.3 Å². The van der Waals surface area contributed by atoms with Crippen molar-refractivity contribution in [3.63, 3.8) is 0 Å². The molecule has 1 saturated heterocycles. The predicted octanol–water partition coefficient (Wildman–Crippen LogP) is 5.88. The van der Waals surface area contributed by atoms with Crippen molar-refractivity contribution in [3.8, 4) is 5.69 Å². The van der Waals surface area contributed by atoms with Crippen molar-refractivity contribution < 1.29 is 4.79 Å². The first-order valence-electron chi connectivity index (χ1n) is 9.56. The van der Waals surface area contributed by atoms with Crippen LogP contribution in [0.1, 0.15) is 28.8 Å². The van der Waals surface area contributed by atoms with Crippen LogP contribution in [0.15, 0.2) is 67.0 Å². The summed E-state index contributed by atoms with van der Waals surface area (Å²) in [5.74, 6) is 0.614. The lowest BCUT2D eigenvalue weighted by atomic mass is 9.90.